The van der Waals surface area contributed by atoms with Gasteiger partial charge in [-0.2, -0.15) is 0 Å². The molecule has 116 valence electrons. The maximum absolute atomic E-state index is 12.2. The van der Waals surface area contributed by atoms with Gasteiger partial charge in [0.15, 0.2) is 0 Å². The van der Waals surface area contributed by atoms with Crippen LogP contribution < -0.4 is 5.32 Å². The third-order valence-electron chi connectivity index (χ3n) is 4.56. The molecule has 1 saturated carbocycles. The van der Waals surface area contributed by atoms with Crippen molar-refractivity contribution < 1.29 is 14.7 Å². The normalized spacial score (nSPS) is 16.3. The predicted octanol–water partition coefficient (Wildman–Crippen LogP) is 3.35. The fourth-order valence-corrected chi connectivity index (χ4v) is 3.02. The van der Waals surface area contributed by atoms with Crippen molar-refractivity contribution in [2.24, 2.45) is 11.3 Å². The third kappa shape index (κ3) is 5.51. The molecule has 1 aliphatic rings. The van der Waals surface area contributed by atoms with Gasteiger partial charge in [-0.05, 0) is 31.6 Å². The number of rotatable bonds is 9. The molecular weight excluding hydrogens is 254 g/mol. The van der Waals surface area contributed by atoms with Crippen LogP contribution in [0.3, 0.4) is 0 Å². The van der Waals surface area contributed by atoms with Crippen LogP contribution in [0.25, 0.3) is 0 Å². The van der Waals surface area contributed by atoms with Gasteiger partial charge < -0.3 is 10.4 Å². The van der Waals surface area contributed by atoms with E-state index in [4.69, 9.17) is 5.11 Å². The van der Waals surface area contributed by atoms with Crippen molar-refractivity contribution in [3.8, 4) is 0 Å². The topological polar surface area (TPSA) is 66.4 Å². The molecule has 1 rings (SSSR count). The molecule has 4 nitrogen and oxygen atoms in total. The summed E-state index contributed by atoms with van der Waals surface area (Å²) in [7, 11) is 0. The maximum atomic E-state index is 12.2. The van der Waals surface area contributed by atoms with Crippen molar-refractivity contribution in [2.45, 2.75) is 71.6 Å². The van der Waals surface area contributed by atoms with E-state index in [0.717, 1.165) is 25.7 Å². The van der Waals surface area contributed by atoms with Crippen molar-refractivity contribution in [3.63, 3.8) is 0 Å². The molecule has 1 amide bonds. The monoisotopic (exact) mass is 283 g/mol. The minimum atomic E-state index is -0.725. The van der Waals surface area contributed by atoms with Crippen LogP contribution in [0.4, 0.5) is 0 Å². The van der Waals surface area contributed by atoms with E-state index in [2.05, 4.69) is 19.2 Å². The smallest absolute Gasteiger partial charge is 0.303 e. The summed E-state index contributed by atoms with van der Waals surface area (Å²) in [5.41, 5.74) is -0.250. The Morgan fingerprint density at radius 1 is 1.10 bits per heavy atom. The Morgan fingerprint density at radius 2 is 1.70 bits per heavy atom. The number of carbonyl (C=O) groups excluding carboxylic acids is 1. The van der Waals surface area contributed by atoms with Crippen LogP contribution in [-0.2, 0) is 9.59 Å². The summed E-state index contributed by atoms with van der Waals surface area (Å²) < 4.78 is 0. The van der Waals surface area contributed by atoms with Crippen molar-refractivity contribution >= 4 is 11.9 Å². The lowest BCUT2D eigenvalue weighted by Gasteiger charge is -2.30. The van der Waals surface area contributed by atoms with Crippen LogP contribution in [0.2, 0.25) is 0 Å². The molecule has 0 aromatic carbocycles. The van der Waals surface area contributed by atoms with E-state index in [1.165, 1.54) is 25.7 Å². The van der Waals surface area contributed by atoms with Crippen LogP contribution >= 0.6 is 0 Å². The van der Waals surface area contributed by atoms with Crippen molar-refractivity contribution in [3.05, 3.63) is 0 Å². The lowest BCUT2D eigenvalue weighted by molar-refractivity contribution is -0.137. The van der Waals surface area contributed by atoms with Crippen LogP contribution in [0.1, 0.15) is 71.6 Å². The second-order valence-electron chi connectivity index (χ2n) is 6.52. The summed E-state index contributed by atoms with van der Waals surface area (Å²) in [6.45, 7) is 4.83. The number of carboxylic acids is 1. The number of aliphatic carboxylic acids is 1. The second-order valence-corrected chi connectivity index (χ2v) is 6.52. The number of unbranched alkanes of at least 4 members (excludes halogenated alkanes) is 3. The van der Waals surface area contributed by atoms with Crippen LogP contribution in [-0.4, -0.2) is 23.5 Å². The molecule has 1 fully saturated rings. The molecule has 0 radical (unpaired) electrons. The zero-order valence-electron chi connectivity index (χ0n) is 12.9. The SMILES string of the molecule is CC(C)(C(=O)NCCCCCCC(=O)O)C1CCCC1. The summed E-state index contributed by atoms with van der Waals surface area (Å²) >= 11 is 0. The highest BCUT2D eigenvalue weighted by molar-refractivity contribution is 5.82. The molecule has 0 atom stereocenters. The first-order valence-corrected chi connectivity index (χ1v) is 7.94. The average Bonchev–Trinajstić information content (AvgIpc) is 2.91. The molecule has 0 aliphatic heterocycles. The first-order chi connectivity index (χ1) is 9.44. The first-order valence-electron chi connectivity index (χ1n) is 7.94. The van der Waals surface area contributed by atoms with Crippen LogP contribution in [0, 0.1) is 11.3 Å². The Morgan fingerprint density at radius 3 is 2.30 bits per heavy atom. The Balaban J connectivity index is 2.11. The zero-order valence-corrected chi connectivity index (χ0v) is 12.9. The van der Waals surface area contributed by atoms with Gasteiger partial charge in [0.1, 0.15) is 0 Å². The number of carbonyl (C=O) groups is 2. The van der Waals surface area contributed by atoms with E-state index in [0.29, 0.717) is 12.5 Å². The third-order valence-corrected chi connectivity index (χ3v) is 4.56. The number of hydrogen-bond acceptors (Lipinski definition) is 2. The van der Waals surface area contributed by atoms with E-state index < -0.39 is 5.97 Å². The Labute approximate surface area is 122 Å². The van der Waals surface area contributed by atoms with E-state index >= 15 is 0 Å². The lowest BCUT2D eigenvalue weighted by atomic mass is 9.77. The molecule has 0 bridgehead atoms. The molecule has 0 aromatic heterocycles. The van der Waals surface area contributed by atoms with Gasteiger partial charge in [0.2, 0.25) is 5.91 Å². The van der Waals surface area contributed by atoms with Crippen molar-refractivity contribution in [1.29, 1.82) is 0 Å². The standard InChI is InChI=1S/C16H29NO3/c1-16(2,13-9-6-7-10-13)15(20)17-12-8-4-3-5-11-14(18)19/h13H,3-12H2,1-2H3,(H,17,20)(H,18,19). The highest BCUT2D eigenvalue weighted by Crippen LogP contribution is 2.39. The Kier molecular flexibility index (Phi) is 7.03. The first kappa shape index (κ1) is 17.0. The number of carboxylic acid groups (broad SMARTS) is 1. The predicted molar refractivity (Wildman–Crippen MR) is 79.5 cm³/mol. The maximum Gasteiger partial charge on any atom is 0.303 e. The molecule has 1 aliphatic carbocycles. The molecular formula is C16H29NO3. The number of nitrogens with one attached hydrogen (secondary N) is 1. The van der Waals surface area contributed by atoms with Gasteiger partial charge in [-0.15, -0.1) is 0 Å². The lowest BCUT2D eigenvalue weighted by Crippen LogP contribution is -2.41. The summed E-state index contributed by atoms with van der Waals surface area (Å²) in [5, 5.41) is 11.6. The second kappa shape index (κ2) is 8.28. The van der Waals surface area contributed by atoms with Crippen LogP contribution in [0.5, 0.6) is 0 Å². The summed E-state index contributed by atoms with van der Waals surface area (Å²) in [6.07, 6.45) is 8.69. The summed E-state index contributed by atoms with van der Waals surface area (Å²) in [4.78, 5) is 22.6. The molecule has 0 saturated heterocycles. The van der Waals surface area contributed by atoms with Gasteiger partial charge in [0, 0.05) is 18.4 Å². The Bertz CT molecular complexity index is 320. The van der Waals surface area contributed by atoms with Gasteiger partial charge in [0.25, 0.3) is 0 Å². The van der Waals surface area contributed by atoms with Crippen molar-refractivity contribution in [1.82, 2.24) is 5.32 Å². The summed E-state index contributed by atoms with van der Waals surface area (Å²) in [6, 6.07) is 0. The van der Waals surface area contributed by atoms with E-state index in [1.54, 1.807) is 0 Å². The van der Waals surface area contributed by atoms with Gasteiger partial charge in [-0.25, -0.2) is 0 Å². The largest absolute Gasteiger partial charge is 0.481 e. The molecule has 4 heteroatoms. The Hall–Kier alpha value is -1.06. The fourth-order valence-electron chi connectivity index (χ4n) is 3.02. The molecule has 2 N–H and O–H groups in total. The van der Waals surface area contributed by atoms with Crippen molar-refractivity contribution in [2.75, 3.05) is 6.54 Å². The van der Waals surface area contributed by atoms with E-state index in [1.807, 2.05) is 0 Å². The van der Waals surface area contributed by atoms with E-state index in [9.17, 15) is 9.59 Å². The molecule has 20 heavy (non-hydrogen) atoms. The van der Waals surface area contributed by atoms with Gasteiger partial charge in [0.05, 0.1) is 0 Å². The molecule has 0 aromatic rings. The minimum absolute atomic E-state index is 0.176. The fraction of sp³-hybridized carbons (Fsp3) is 0.875. The molecule has 0 unspecified atom stereocenters. The summed E-state index contributed by atoms with van der Waals surface area (Å²) in [5.74, 6) is -0.0235. The van der Waals surface area contributed by atoms with Gasteiger partial charge in [-0.1, -0.05) is 39.5 Å². The zero-order chi connectivity index (χ0) is 15.0. The number of hydrogen-bond donors (Lipinski definition) is 2. The molecule has 0 heterocycles. The molecule has 0 spiro atoms. The van der Waals surface area contributed by atoms with E-state index in [-0.39, 0.29) is 17.7 Å². The highest BCUT2D eigenvalue weighted by atomic mass is 16.4. The minimum Gasteiger partial charge on any atom is -0.481 e. The quantitative estimate of drug-likeness (QED) is 0.638. The average molecular weight is 283 g/mol. The number of amides is 1. The van der Waals surface area contributed by atoms with Crippen LogP contribution in [0.15, 0.2) is 0 Å². The van der Waals surface area contributed by atoms with Gasteiger partial charge >= 0.3 is 5.97 Å². The van der Waals surface area contributed by atoms with Gasteiger partial charge in [-0.3, -0.25) is 9.59 Å². The highest BCUT2D eigenvalue weighted by Gasteiger charge is 2.37.